The summed E-state index contributed by atoms with van der Waals surface area (Å²) in [5.41, 5.74) is 1.21. The van der Waals surface area contributed by atoms with Crippen molar-refractivity contribution in [1.82, 2.24) is 5.32 Å². The average molecular weight is 431 g/mol. The Morgan fingerprint density at radius 3 is 2.61 bits per heavy atom. The van der Waals surface area contributed by atoms with Crippen LogP contribution in [0.15, 0.2) is 5.16 Å². The predicted octanol–water partition coefficient (Wildman–Crippen LogP) is 4.33. The third-order valence-corrected chi connectivity index (χ3v) is 10.5. The summed E-state index contributed by atoms with van der Waals surface area (Å²) in [5.74, 6) is 2.68. The predicted molar refractivity (Wildman–Crippen MR) is 122 cm³/mol. The molecule has 0 amide bonds. The van der Waals surface area contributed by atoms with Gasteiger partial charge in [0.1, 0.15) is 11.9 Å². The molecule has 5 fully saturated rings. The number of Topliss-reactive ketones (excluding diaryl/α,β-unsaturated/α-hetero) is 1. The molecule has 0 aromatic rings. The van der Waals surface area contributed by atoms with Gasteiger partial charge in [0.15, 0.2) is 0 Å². The summed E-state index contributed by atoms with van der Waals surface area (Å²) >= 11 is 0. The normalized spacial score (nSPS) is 49.4. The number of rotatable bonds is 3. The largest absolute Gasteiger partial charge is 0.393 e. The van der Waals surface area contributed by atoms with E-state index in [1.807, 2.05) is 0 Å². The Kier molecular flexibility index (Phi) is 5.74. The summed E-state index contributed by atoms with van der Waals surface area (Å²) < 4.78 is 0. The minimum Gasteiger partial charge on any atom is -0.393 e. The zero-order valence-electron chi connectivity index (χ0n) is 19.7. The number of hydrogen-bond acceptors (Lipinski definition) is 5. The van der Waals surface area contributed by atoms with Gasteiger partial charge >= 0.3 is 0 Å². The number of carbonyl (C=O) groups is 1. The SMILES string of the molecule is CC[C@H]1/C(=N/OC2CCNCC2)CC[C@@]2(C)C1[C@@H](O)C[C@@H]1[C@@H]2CC[C@]2(C)C(=O)CC[C@@H]12. The van der Waals surface area contributed by atoms with E-state index in [2.05, 4.69) is 26.1 Å². The third-order valence-electron chi connectivity index (χ3n) is 10.5. The van der Waals surface area contributed by atoms with E-state index in [1.165, 1.54) is 5.71 Å². The van der Waals surface area contributed by atoms with Crippen molar-refractivity contribution in [3.63, 3.8) is 0 Å². The number of nitrogens with zero attached hydrogens (tertiary/aromatic N) is 1. The van der Waals surface area contributed by atoms with Gasteiger partial charge in [-0.2, -0.15) is 0 Å². The van der Waals surface area contributed by atoms with Crippen LogP contribution in [-0.2, 0) is 9.63 Å². The van der Waals surface area contributed by atoms with Gasteiger partial charge in [-0.05, 0) is 100.0 Å². The van der Waals surface area contributed by atoms with Gasteiger partial charge in [0.2, 0.25) is 0 Å². The molecule has 0 aromatic carbocycles. The maximum atomic E-state index is 12.7. The van der Waals surface area contributed by atoms with Gasteiger partial charge in [0.25, 0.3) is 0 Å². The van der Waals surface area contributed by atoms with E-state index < -0.39 is 0 Å². The lowest BCUT2D eigenvalue weighted by molar-refractivity contribution is -0.161. The second-order valence-electron chi connectivity index (χ2n) is 11.8. The number of piperidine rings is 1. The quantitative estimate of drug-likeness (QED) is 0.654. The number of aliphatic hydroxyl groups is 1. The fraction of sp³-hybridized carbons (Fsp3) is 0.923. The monoisotopic (exact) mass is 430 g/mol. The first kappa shape index (κ1) is 21.9. The third kappa shape index (κ3) is 3.40. The van der Waals surface area contributed by atoms with Gasteiger partial charge in [0, 0.05) is 17.8 Å². The van der Waals surface area contributed by atoms with Crippen LogP contribution in [0.5, 0.6) is 0 Å². The summed E-state index contributed by atoms with van der Waals surface area (Å²) in [7, 11) is 0. The Bertz CT molecular complexity index is 732. The molecule has 5 rings (SSSR count). The van der Waals surface area contributed by atoms with Crippen molar-refractivity contribution in [3.8, 4) is 0 Å². The summed E-state index contributed by atoms with van der Waals surface area (Å²) in [6, 6.07) is 0. The summed E-state index contributed by atoms with van der Waals surface area (Å²) in [5, 5.41) is 19.6. The van der Waals surface area contributed by atoms with Gasteiger partial charge in [-0.15, -0.1) is 0 Å². The highest BCUT2D eigenvalue weighted by atomic mass is 16.6. The van der Waals surface area contributed by atoms with Crippen molar-refractivity contribution < 1.29 is 14.7 Å². The zero-order chi connectivity index (χ0) is 21.8. The van der Waals surface area contributed by atoms with Crippen LogP contribution >= 0.6 is 0 Å². The summed E-state index contributed by atoms with van der Waals surface area (Å²) in [6.07, 6.45) is 9.96. The number of ketones is 1. The number of carbonyl (C=O) groups excluding carboxylic acids is 1. The lowest BCUT2D eigenvalue weighted by Crippen LogP contribution is -2.60. The van der Waals surface area contributed by atoms with Gasteiger partial charge in [-0.3, -0.25) is 4.79 Å². The van der Waals surface area contributed by atoms with Crippen LogP contribution in [0, 0.1) is 40.4 Å². The van der Waals surface area contributed by atoms with E-state index in [1.54, 1.807) is 0 Å². The molecule has 4 saturated carbocycles. The van der Waals surface area contributed by atoms with E-state index in [4.69, 9.17) is 9.99 Å². The van der Waals surface area contributed by atoms with Crippen LogP contribution in [0.1, 0.15) is 85.0 Å². The molecule has 0 bridgehead atoms. The molecule has 1 unspecified atom stereocenters. The van der Waals surface area contributed by atoms with Crippen molar-refractivity contribution in [2.45, 2.75) is 97.2 Å². The molecule has 1 saturated heterocycles. The summed E-state index contributed by atoms with van der Waals surface area (Å²) in [6.45, 7) is 8.96. The van der Waals surface area contributed by atoms with E-state index in [0.29, 0.717) is 29.5 Å². The van der Waals surface area contributed by atoms with Crippen molar-refractivity contribution in [1.29, 1.82) is 0 Å². The first-order valence-corrected chi connectivity index (χ1v) is 13.0. The molecule has 0 radical (unpaired) electrons. The smallest absolute Gasteiger partial charge is 0.139 e. The molecule has 4 aliphatic carbocycles. The average Bonchev–Trinajstić information content (AvgIpc) is 3.07. The fourth-order valence-corrected chi connectivity index (χ4v) is 8.83. The highest BCUT2D eigenvalue weighted by Crippen LogP contribution is 2.66. The van der Waals surface area contributed by atoms with E-state index >= 15 is 0 Å². The van der Waals surface area contributed by atoms with Crippen LogP contribution < -0.4 is 5.32 Å². The maximum Gasteiger partial charge on any atom is 0.139 e. The molecule has 5 heteroatoms. The van der Waals surface area contributed by atoms with Crippen LogP contribution in [0.3, 0.4) is 0 Å². The Labute approximate surface area is 187 Å². The lowest BCUT2D eigenvalue weighted by atomic mass is 9.43. The first-order valence-electron chi connectivity index (χ1n) is 13.0. The molecule has 5 aliphatic rings. The first-order chi connectivity index (χ1) is 14.9. The zero-order valence-corrected chi connectivity index (χ0v) is 19.7. The minimum atomic E-state index is -0.293. The molecular formula is C26H42N2O3. The fourth-order valence-electron chi connectivity index (χ4n) is 8.83. The number of aliphatic hydroxyl groups excluding tert-OH is 1. The second-order valence-corrected chi connectivity index (χ2v) is 11.8. The van der Waals surface area contributed by atoms with Gasteiger partial charge in [-0.1, -0.05) is 25.9 Å². The van der Waals surface area contributed by atoms with Gasteiger partial charge in [0.05, 0.1) is 11.8 Å². The lowest BCUT2D eigenvalue weighted by Gasteiger charge is -2.62. The number of hydrogen-bond donors (Lipinski definition) is 2. The Hall–Kier alpha value is -0.940. The molecular weight excluding hydrogens is 388 g/mol. The molecule has 0 spiro atoms. The van der Waals surface area contributed by atoms with E-state index in [9.17, 15) is 9.90 Å². The number of nitrogens with one attached hydrogen (secondary N) is 1. The molecule has 174 valence electrons. The molecule has 2 N–H and O–H groups in total. The molecule has 1 heterocycles. The van der Waals surface area contributed by atoms with Crippen LogP contribution in [0.2, 0.25) is 0 Å². The topological polar surface area (TPSA) is 70.9 Å². The van der Waals surface area contributed by atoms with E-state index in [0.717, 1.165) is 77.3 Å². The second kappa shape index (κ2) is 8.13. The maximum absolute atomic E-state index is 12.7. The standard InChI is InChI=1S/C26H42N2O3/c1-4-17-21(28-31-16-9-13-27-14-10-16)8-12-26(3)20-7-11-25(2)19(5-6-23(25)30)18(20)15-22(29)24(17)26/h16-20,22,24,27,29H,4-15H2,1-3H3/b28-21+/t17-,18-,19-,20-,22-,24?,25-,26+/m0/s1. The van der Waals surface area contributed by atoms with Crippen LogP contribution in [0.4, 0.5) is 0 Å². The highest BCUT2D eigenvalue weighted by Gasteiger charge is 2.63. The van der Waals surface area contributed by atoms with Crippen molar-refractivity contribution in [2.75, 3.05) is 13.1 Å². The van der Waals surface area contributed by atoms with Crippen molar-refractivity contribution in [2.24, 2.45) is 45.6 Å². The highest BCUT2D eigenvalue weighted by molar-refractivity contribution is 5.88. The Balaban J connectivity index is 1.38. The van der Waals surface area contributed by atoms with E-state index in [-0.39, 0.29) is 29.0 Å². The van der Waals surface area contributed by atoms with Crippen LogP contribution in [0.25, 0.3) is 0 Å². The van der Waals surface area contributed by atoms with Gasteiger partial charge < -0.3 is 15.3 Å². The van der Waals surface area contributed by atoms with Crippen molar-refractivity contribution in [3.05, 3.63) is 0 Å². The molecule has 1 aliphatic heterocycles. The molecule has 5 nitrogen and oxygen atoms in total. The molecule has 0 aromatic heterocycles. The summed E-state index contributed by atoms with van der Waals surface area (Å²) in [4.78, 5) is 18.7. The van der Waals surface area contributed by atoms with Gasteiger partial charge in [-0.25, -0.2) is 0 Å². The Morgan fingerprint density at radius 1 is 1.10 bits per heavy atom. The van der Waals surface area contributed by atoms with Crippen LogP contribution in [-0.4, -0.2) is 41.9 Å². The molecule has 31 heavy (non-hydrogen) atoms. The number of fused-ring (bicyclic) bond motifs is 5. The minimum absolute atomic E-state index is 0.127. The Morgan fingerprint density at radius 2 is 1.87 bits per heavy atom. The molecule has 8 atom stereocenters. The van der Waals surface area contributed by atoms with Crippen molar-refractivity contribution >= 4 is 11.5 Å². The number of oxime groups is 1.